The molecule has 5 heteroatoms. The molecule has 3 rings (SSSR count). The number of fused-ring (bicyclic) bond motifs is 1. The first-order valence-corrected chi connectivity index (χ1v) is 6.91. The van der Waals surface area contributed by atoms with Crippen molar-refractivity contribution in [1.82, 2.24) is 10.2 Å². The highest BCUT2D eigenvalue weighted by Gasteiger charge is 2.05. The van der Waals surface area contributed by atoms with Crippen molar-refractivity contribution in [3.63, 3.8) is 0 Å². The molecule has 0 unspecified atom stereocenters. The largest absolute Gasteiger partial charge is 0.379 e. The molecule has 3 nitrogen and oxygen atoms in total. The summed E-state index contributed by atoms with van der Waals surface area (Å²) < 4.78 is 14.1. The van der Waals surface area contributed by atoms with E-state index in [2.05, 4.69) is 31.4 Å². The molecule has 0 atom stereocenters. The van der Waals surface area contributed by atoms with Crippen LogP contribution in [0.1, 0.15) is 5.56 Å². The molecule has 1 heterocycles. The van der Waals surface area contributed by atoms with Crippen molar-refractivity contribution >= 4 is 32.5 Å². The van der Waals surface area contributed by atoms with Crippen molar-refractivity contribution < 1.29 is 4.39 Å². The van der Waals surface area contributed by atoms with Gasteiger partial charge in [-0.2, -0.15) is 10.2 Å². The summed E-state index contributed by atoms with van der Waals surface area (Å²) in [5.41, 5.74) is 2.56. The monoisotopic (exact) mass is 331 g/mol. The van der Waals surface area contributed by atoms with Crippen molar-refractivity contribution in [3.8, 4) is 0 Å². The predicted octanol–water partition coefficient (Wildman–Crippen LogP) is 4.14. The van der Waals surface area contributed by atoms with Gasteiger partial charge in [-0.1, -0.05) is 34.1 Å². The second-order valence-corrected chi connectivity index (χ2v) is 5.22. The van der Waals surface area contributed by atoms with Crippen LogP contribution in [0.15, 0.2) is 53.1 Å². The van der Waals surface area contributed by atoms with Gasteiger partial charge in [0.2, 0.25) is 0 Å². The van der Waals surface area contributed by atoms with Gasteiger partial charge in [0.25, 0.3) is 0 Å². The molecule has 100 valence electrons. The molecule has 0 aliphatic rings. The zero-order valence-electron chi connectivity index (χ0n) is 10.5. The summed E-state index contributed by atoms with van der Waals surface area (Å²) in [7, 11) is 0. The summed E-state index contributed by atoms with van der Waals surface area (Å²) >= 11 is 3.42. The quantitative estimate of drug-likeness (QED) is 0.783. The molecule has 0 radical (unpaired) electrons. The number of rotatable bonds is 3. The summed E-state index contributed by atoms with van der Waals surface area (Å²) in [6.07, 6.45) is 1.68. The lowest BCUT2D eigenvalue weighted by molar-refractivity contribution is 0.625. The molecule has 0 spiro atoms. The van der Waals surface area contributed by atoms with Gasteiger partial charge in [-0.05, 0) is 29.8 Å². The lowest BCUT2D eigenvalue weighted by Crippen LogP contribution is -2.02. The molecule has 3 aromatic rings. The van der Waals surface area contributed by atoms with Gasteiger partial charge in [0.1, 0.15) is 5.82 Å². The maximum atomic E-state index is 13.3. The minimum absolute atomic E-state index is 0.247. The van der Waals surface area contributed by atoms with Crippen LogP contribution in [0.5, 0.6) is 0 Å². The summed E-state index contributed by atoms with van der Waals surface area (Å²) in [5, 5.41) is 12.3. The van der Waals surface area contributed by atoms with Gasteiger partial charge in [0, 0.05) is 16.4 Å². The van der Waals surface area contributed by atoms with E-state index in [1.165, 1.54) is 12.1 Å². The third-order valence-electron chi connectivity index (χ3n) is 3.02. The number of halogens is 2. The number of aromatic nitrogens is 2. The third-order valence-corrected chi connectivity index (χ3v) is 3.80. The Morgan fingerprint density at radius 2 is 2.00 bits per heavy atom. The molecule has 0 aliphatic carbocycles. The van der Waals surface area contributed by atoms with Crippen LogP contribution in [0.4, 0.5) is 10.1 Å². The summed E-state index contributed by atoms with van der Waals surface area (Å²) in [4.78, 5) is 0. The van der Waals surface area contributed by atoms with Crippen molar-refractivity contribution in [3.05, 3.63) is 64.5 Å². The second-order valence-electron chi connectivity index (χ2n) is 4.36. The summed E-state index contributed by atoms with van der Waals surface area (Å²) in [6.45, 7) is 0.508. The standard InChI is InChI=1S/C15H11BrFN3/c16-13-6-5-11(17)7-10(13)8-18-15-9-19-20-14-4-2-1-3-12(14)15/h1-7,9H,8H2,(H,18,20). The van der Waals surface area contributed by atoms with Crippen LogP contribution >= 0.6 is 15.9 Å². The van der Waals surface area contributed by atoms with Gasteiger partial charge >= 0.3 is 0 Å². The molecular weight excluding hydrogens is 321 g/mol. The molecule has 0 saturated heterocycles. The first-order chi connectivity index (χ1) is 9.74. The van der Waals surface area contributed by atoms with Crippen LogP contribution in [0.25, 0.3) is 10.9 Å². The molecule has 0 aliphatic heterocycles. The third kappa shape index (κ3) is 2.63. The van der Waals surface area contributed by atoms with E-state index in [0.717, 1.165) is 26.6 Å². The second kappa shape index (κ2) is 5.54. The van der Waals surface area contributed by atoms with Crippen molar-refractivity contribution in [2.45, 2.75) is 6.54 Å². The highest BCUT2D eigenvalue weighted by Crippen LogP contribution is 2.23. The van der Waals surface area contributed by atoms with Gasteiger partial charge in [0.15, 0.2) is 0 Å². The van der Waals surface area contributed by atoms with Gasteiger partial charge in [-0.3, -0.25) is 0 Å². The Bertz CT molecular complexity index is 756. The van der Waals surface area contributed by atoms with E-state index < -0.39 is 0 Å². The molecule has 0 saturated carbocycles. The first kappa shape index (κ1) is 13.0. The van der Waals surface area contributed by atoms with Crippen LogP contribution in [-0.4, -0.2) is 10.2 Å². The fraction of sp³-hybridized carbons (Fsp3) is 0.0667. The van der Waals surface area contributed by atoms with Crippen molar-refractivity contribution in [1.29, 1.82) is 0 Å². The number of hydrogen-bond donors (Lipinski definition) is 1. The molecule has 0 fully saturated rings. The zero-order valence-corrected chi connectivity index (χ0v) is 12.1. The Labute approximate surface area is 124 Å². The maximum absolute atomic E-state index is 13.3. The number of benzene rings is 2. The number of nitrogens with one attached hydrogen (secondary N) is 1. The fourth-order valence-electron chi connectivity index (χ4n) is 2.02. The molecule has 2 aromatic carbocycles. The minimum atomic E-state index is -0.247. The van der Waals surface area contributed by atoms with E-state index in [1.54, 1.807) is 12.3 Å². The molecular formula is C15H11BrFN3. The Morgan fingerprint density at radius 1 is 1.15 bits per heavy atom. The minimum Gasteiger partial charge on any atom is -0.379 e. The lowest BCUT2D eigenvalue weighted by Gasteiger charge is -2.10. The van der Waals surface area contributed by atoms with E-state index in [4.69, 9.17) is 0 Å². The van der Waals surface area contributed by atoms with Gasteiger partial charge in [-0.25, -0.2) is 4.39 Å². The average molecular weight is 332 g/mol. The summed E-state index contributed by atoms with van der Waals surface area (Å²) in [5.74, 6) is -0.247. The van der Waals surface area contributed by atoms with E-state index in [1.807, 2.05) is 24.3 Å². The van der Waals surface area contributed by atoms with Gasteiger partial charge < -0.3 is 5.32 Å². The number of anilines is 1. The predicted molar refractivity (Wildman–Crippen MR) is 81.0 cm³/mol. The normalized spacial score (nSPS) is 10.7. The first-order valence-electron chi connectivity index (χ1n) is 6.12. The smallest absolute Gasteiger partial charge is 0.123 e. The van der Waals surface area contributed by atoms with E-state index in [9.17, 15) is 4.39 Å². The molecule has 0 amide bonds. The summed E-state index contributed by atoms with van der Waals surface area (Å²) in [6, 6.07) is 12.4. The Hall–Kier alpha value is -2.01. The number of nitrogens with zero attached hydrogens (tertiary/aromatic N) is 2. The van der Waals surface area contributed by atoms with Crippen LogP contribution in [0, 0.1) is 5.82 Å². The Morgan fingerprint density at radius 3 is 2.90 bits per heavy atom. The topological polar surface area (TPSA) is 37.8 Å². The van der Waals surface area contributed by atoms with E-state index >= 15 is 0 Å². The van der Waals surface area contributed by atoms with Crippen molar-refractivity contribution in [2.75, 3.05) is 5.32 Å². The molecule has 1 N–H and O–H groups in total. The average Bonchev–Trinajstić information content (AvgIpc) is 2.48. The highest BCUT2D eigenvalue weighted by atomic mass is 79.9. The lowest BCUT2D eigenvalue weighted by atomic mass is 10.2. The Kier molecular flexibility index (Phi) is 3.60. The van der Waals surface area contributed by atoms with Crippen LogP contribution in [0.3, 0.4) is 0 Å². The zero-order chi connectivity index (χ0) is 13.9. The fourth-order valence-corrected chi connectivity index (χ4v) is 2.40. The van der Waals surface area contributed by atoms with Crippen LogP contribution < -0.4 is 5.32 Å². The van der Waals surface area contributed by atoms with E-state index in [-0.39, 0.29) is 5.82 Å². The Balaban J connectivity index is 1.89. The molecule has 20 heavy (non-hydrogen) atoms. The van der Waals surface area contributed by atoms with Crippen LogP contribution in [-0.2, 0) is 6.54 Å². The van der Waals surface area contributed by atoms with Gasteiger partial charge in [-0.15, -0.1) is 0 Å². The maximum Gasteiger partial charge on any atom is 0.123 e. The van der Waals surface area contributed by atoms with Crippen molar-refractivity contribution in [2.24, 2.45) is 0 Å². The highest BCUT2D eigenvalue weighted by molar-refractivity contribution is 9.10. The van der Waals surface area contributed by atoms with E-state index in [0.29, 0.717) is 6.54 Å². The van der Waals surface area contributed by atoms with Crippen LogP contribution in [0.2, 0.25) is 0 Å². The molecule has 1 aromatic heterocycles. The van der Waals surface area contributed by atoms with Gasteiger partial charge in [0.05, 0.1) is 17.4 Å². The number of hydrogen-bond acceptors (Lipinski definition) is 3. The molecule has 0 bridgehead atoms. The SMILES string of the molecule is Fc1ccc(Br)c(CNc2cnnc3ccccc23)c1.